The Hall–Kier alpha value is -2.86. The Kier molecular flexibility index (Phi) is 4.54. The molecule has 9 heteroatoms. The van der Waals surface area contributed by atoms with Gasteiger partial charge in [-0.05, 0) is 0 Å². The van der Waals surface area contributed by atoms with Crippen LogP contribution in [0.15, 0.2) is 50.4 Å². The number of nitrogens with zero attached hydrogens (tertiary/aromatic N) is 5. The van der Waals surface area contributed by atoms with E-state index in [1.165, 1.54) is 13.3 Å². The number of rotatable bonds is 3. The van der Waals surface area contributed by atoms with E-state index in [1.807, 2.05) is 30.3 Å². The number of aliphatic hydroxyl groups is 1. The molecule has 0 spiro atoms. The first-order valence-corrected chi connectivity index (χ1v) is 7.16. The van der Waals surface area contributed by atoms with Gasteiger partial charge in [0.15, 0.2) is 0 Å². The summed E-state index contributed by atoms with van der Waals surface area (Å²) in [5.41, 5.74) is 1.55. The Bertz CT molecular complexity index is 918. The van der Waals surface area contributed by atoms with E-state index < -0.39 is 0 Å². The van der Waals surface area contributed by atoms with Gasteiger partial charge in [0, 0.05) is 0 Å². The molecule has 23 heavy (non-hydrogen) atoms. The molecular weight excluding hydrogens is 361 g/mol. The van der Waals surface area contributed by atoms with Crippen LogP contribution in [0.3, 0.4) is 0 Å². The molecular formula is C14H7BBrN5O2. The molecule has 0 fully saturated rings. The van der Waals surface area contributed by atoms with Gasteiger partial charge in [-0.15, -0.1) is 0 Å². The van der Waals surface area contributed by atoms with Crippen molar-refractivity contribution >= 4 is 28.6 Å². The Labute approximate surface area is 139 Å². The zero-order valence-corrected chi connectivity index (χ0v) is 13.1. The second-order valence-corrected chi connectivity index (χ2v) is 5.00. The molecule has 0 aliphatic rings. The van der Waals surface area contributed by atoms with Crippen LogP contribution >= 0.6 is 15.9 Å². The van der Waals surface area contributed by atoms with Crippen molar-refractivity contribution in [2.45, 2.75) is 0 Å². The third-order valence-electron chi connectivity index (χ3n) is 2.72. The van der Waals surface area contributed by atoms with Gasteiger partial charge in [-0.1, -0.05) is 0 Å². The van der Waals surface area contributed by atoms with Gasteiger partial charge in [0.1, 0.15) is 0 Å². The van der Waals surface area contributed by atoms with Gasteiger partial charge in [-0.2, -0.15) is 0 Å². The van der Waals surface area contributed by atoms with E-state index in [-0.39, 0.29) is 5.89 Å². The molecule has 0 aliphatic carbocycles. The van der Waals surface area contributed by atoms with Gasteiger partial charge in [0.05, 0.1) is 0 Å². The van der Waals surface area contributed by atoms with E-state index in [9.17, 15) is 0 Å². The minimum atomic E-state index is 0.205. The van der Waals surface area contributed by atoms with Crippen molar-refractivity contribution < 1.29 is 9.52 Å². The fraction of sp³-hybridized carbons (Fsp3) is 0. The van der Waals surface area contributed by atoms with Crippen LogP contribution in [0, 0.1) is 12.2 Å². The van der Waals surface area contributed by atoms with Crippen molar-refractivity contribution in [3.05, 3.63) is 41.1 Å². The van der Waals surface area contributed by atoms with E-state index in [4.69, 9.17) is 9.52 Å². The third kappa shape index (κ3) is 3.49. The normalized spacial score (nSPS) is 10.1. The van der Waals surface area contributed by atoms with Crippen molar-refractivity contribution in [3.63, 3.8) is 0 Å². The zero-order chi connectivity index (χ0) is 16.1. The molecule has 7 nitrogen and oxygen atoms in total. The second kappa shape index (κ2) is 6.94. The number of hydrogen-bond acceptors (Lipinski definition) is 7. The number of aromatic nitrogens is 4. The van der Waals surface area contributed by atoms with Crippen LogP contribution in [0.1, 0.15) is 0 Å². The summed E-state index contributed by atoms with van der Waals surface area (Å²) in [7, 11) is 1.35. The Morgan fingerprint density at radius 1 is 1.17 bits per heavy atom. The Morgan fingerprint density at radius 3 is 2.74 bits per heavy atom. The summed E-state index contributed by atoms with van der Waals surface area (Å²) in [5, 5.41) is 16.5. The molecule has 0 unspecified atom stereocenters. The maximum atomic E-state index is 8.44. The maximum absolute atomic E-state index is 8.44. The summed E-state index contributed by atoms with van der Waals surface area (Å²) in [6.45, 7) is 0. The topological polar surface area (TPSA) is 97.3 Å². The van der Waals surface area contributed by atoms with E-state index in [1.54, 1.807) is 6.11 Å². The van der Waals surface area contributed by atoms with Crippen molar-refractivity contribution in [2.24, 2.45) is 4.90 Å². The molecule has 0 radical (unpaired) electrons. The van der Waals surface area contributed by atoms with E-state index in [2.05, 4.69) is 47.0 Å². The summed E-state index contributed by atoms with van der Waals surface area (Å²) >= 11 is 3.25. The predicted molar refractivity (Wildman–Crippen MR) is 86.0 cm³/mol. The molecule has 3 rings (SSSR count). The first kappa shape index (κ1) is 15.1. The van der Waals surface area contributed by atoms with Gasteiger partial charge in [-0.25, -0.2) is 0 Å². The number of aliphatic hydroxyl groups excluding tert-OH is 1. The first-order chi connectivity index (χ1) is 11.3. The molecule has 110 valence electrons. The summed E-state index contributed by atoms with van der Waals surface area (Å²) in [4.78, 5) is 12.2. The first-order valence-electron chi connectivity index (χ1n) is 6.37. The summed E-state index contributed by atoms with van der Waals surface area (Å²) in [5.74, 6) is 0.580. The van der Waals surface area contributed by atoms with E-state index in [0.717, 1.165) is 5.56 Å². The van der Waals surface area contributed by atoms with Gasteiger partial charge in [0.2, 0.25) is 0 Å². The molecule has 0 atom stereocenters. The van der Waals surface area contributed by atoms with Gasteiger partial charge in [-0.3, -0.25) is 0 Å². The molecule has 2 aromatic heterocycles. The SMILES string of the molecule is OC#CN=Bc1ncc(Br)nc1-c1nnc(-c2ccccc2)o1. The summed E-state index contributed by atoms with van der Waals surface area (Å²) < 4.78 is 6.18. The monoisotopic (exact) mass is 367 g/mol. The molecule has 0 saturated carbocycles. The number of benzene rings is 1. The van der Waals surface area contributed by atoms with Gasteiger partial charge < -0.3 is 0 Å². The standard InChI is InChI=1S/C14H7BBrN5O2/c16-10-8-17-12(15-18-6-7-22)11(19-10)14-21-20-13(23-14)9-4-2-1-3-5-9/h1-5,8,22H. The average molecular weight is 368 g/mol. The fourth-order valence-electron chi connectivity index (χ4n) is 1.77. The van der Waals surface area contributed by atoms with Crippen LogP contribution < -0.4 is 5.59 Å². The zero-order valence-electron chi connectivity index (χ0n) is 11.5. The van der Waals surface area contributed by atoms with Crippen LogP contribution in [0.25, 0.3) is 23.0 Å². The quantitative estimate of drug-likeness (QED) is 0.559. The van der Waals surface area contributed by atoms with Gasteiger partial charge in [0.25, 0.3) is 0 Å². The molecule has 0 aliphatic heterocycles. The van der Waals surface area contributed by atoms with Crippen molar-refractivity contribution in [3.8, 4) is 35.2 Å². The molecule has 0 bridgehead atoms. The van der Waals surface area contributed by atoms with E-state index in [0.29, 0.717) is 21.8 Å². The van der Waals surface area contributed by atoms with Crippen LogP contribution in [-0.4, -0.2) is 32.3 Å². The fourth-order valence-corrected chi connectivity index (χ4v) is 2.05. The Morgan fingerprint density at radius 2 is 1.96 bits per heavy atom. The number of halogens is 1. The number of hydrogen-bond donors (Lipinski definition) is 1. The molecule has 3 aromatic rings. The van der Waals surface area contributed by atoms with Gasteiger partial charge >= 0.3 is 140 Å². The predicted octanol–water partition coefficient (Wildman–Crippen LogP) is 1.76. The van der Waals surface area contributed by atoms with Crippen molar-refractivity contribution in [1.82, 2.24) is 20.2 Å². The second-order valence-electron chi connectivity index (χ2n) is 4.19. The molecule has 1 aromatic carbocycles. The summed E-state index contributed by atoms with van der Waals surface area (Å²) in [6, 6.07) is 11.5. The summed E-state index contributed by atoms with van der Waals surface area (Å²) in [6.07, 6.45) is 3.18. The molecule has 2 heterocycles. The molecule has 0 amide bonds. The molecule has 0 saturated heterocycles. The Balaban J connectivity index is 2.03. The minimum absolute atomic E-state index is 0.205. The van der Waals surface area contributed by atoms with Crippen LogP contribution in [0.4, 0.5) is 0 Å². The van der Waals surface area contributed by atoms with Crippen LogP contribution in [-0.2, 0) is 0 Å². The van der Waals surface area contributed by atoms with Crippen molar-refractivity contribution in [2.75, 3.05) is 0 Å². The van der Waals surface area contributed by atoms with Crippen LogP contribution in [0.5, 0.6) is 0 Å². The molecule has 1 N–H and O–H groups in total. The van der Waals surface area contributed by atoms with Crippen molar-refractivity contribution in [1.29, 1.82) is 0 Å². The van der Waals surface area contributed by atoms with E-state index >= 15 is 0 Å². The third-order valence-corrected chi connectivity index (χ3v) is 3.10. The van der Waals surface area contributed by atoms with Crippen LogP contribution in [0.2, 0.25) is 0 Å². The average Bonchev–Trinajstić information content (AvgIpc) is 3.07.